The fraction of sp³-hybridized carbons (Fsp3) is 0.158. The maximum atomic E-state index is 13.1. The van der Waals surface area contributed by atoms with Crippen molar-refractivity contribution >= 4 is 44.1 Å². The number of amides is 1. The molecule has 28 heavy (non-hydrogen) atoms. The number of carbonyl (C=O) groups excluding carboxylic acids is 2. The minimum Gasteiger partial charge on any atom is -0.489 e. The number of halogens is 1. The molecular weight excluding hydrogens is 404 g/mol. The van der Waals surface area contributed by atoms with Crippen LogP contribution in [0.25, 0.3) is 0 Å². The molecule has 0 heterocycles. The van der Waals surface area contributed by atoms with E-state index in [2.05, 4.69) is 11.9 Å². The summed E-state index contributed by atoms with van der Waals surface area (Å²) in [5, 5.41) is 1.72. The molecule has 0 fully saturated rings. The van der Waals surface area contributed by atoms with Crippen LogP contribution in [0.1, 0.15) is 6.92 Å². The SMILES string of the molecule is C=CCOc1cccc(N(CC(=O)Cl)S(=O)(=O)c2ccc(NC(C)=O)cc2)c1. The highest BCUT2D eigenvalue weighted by molar-refractivity contribution is 7.92. The third kappa shape index (κ3) is 5.58. The molecule has 0 aromatic heterocycles. The third-order valence-corrected chi connectivity index (χ3v) is 5.41. The summed E-state index contributed by atoms with van der Waals surface area (Å²) in [6.45, 7) is 4.60. The van der Waals surface area contributed by atoms with Crippen LogP contribution in [0.15, 0.2) is 66.1 Å². The van der Waals surface area contributed by atoms with Gasteiger partial charge in [0.1, 0.15) is 18.9 Å². The Morgan fingerprint density at radius 1 is 1.21 bits per heavy atom. The van der Waals surface area contributed by atoms with Gasteiger partial charge in [-0.25, -0.2) is 8.42 Å². The van der Waals surface area contributed by atoms with E-state index in [-0.39, 0.29) is 23.1 Å². The number of rotatable bonds is 9. The average molecular weight is 423 g/mol. The van der Waals surface area contributed by atoms with E-state index in [0.29, 0.717) is 11.4 Å². The van der Waals surface area contributed by atoms with E-state index >= 15 is 0 Å². The topological polar surface area (TPSA) is 92.8 Å². The Morgan fingerprint density at radius 2 is 1.89 bits per heavy atom. The quantitative estimate of drug-likeness (QED) is 0.495. The van der Waals surface area contributed by atoms with Crippen molar-refractivity contribution in [3.8, 4) is 5.75 Å². The number of hydrogen-bond acceptors (Lipinski definition) is 5. The standard InChI is InChI=1S/C19H19ClN2O5S/c1-3-11-27-17-6-4-5-16(12-17)22(13-19(20)24)28(25,26)18-9-7-15(8-10-18)21-14(2)23/h3-10,12H,1,11,13H2,2H3,(H,21,23). The van der Waals surface area contributed by atoms with Gasteiger partial charge in [-0.2, -0.15) is 0 Å². The molecule has 2 rings (SSSR count). The lowest BCUT2D eigenvalue weighted by Crippen LogP contribution is -2.34. The minimum atomic E-state index is -4.09. The zero-order chi connectivity index (χ0) is 20.7. The molecule has 2 aromatic carbocycles. The van der Waals surface area contributed by atoms with E-state index in [1.54, 1.807) is 18.2 Å². The van der Waals surface area contributed by atoms with Gasteiger partial charge in [-0.15, -0.1) is 0 Å². The van der Waals surface area contributed by atoms with Crippen molar-refractivity contribution in [3.05, 3.63) is 61.2 Å². The van der Waals surface area contributed by atoms with Crippen LogP contribution in [0.4, 0.5) is 11.4 Å². The molecule has 0 spiro atoms. The highest BCUT2D eigenvalue weighted by Crippen LogP contribution is 2.28. The van der Waals surface area contributed by atoms with Crippen LogP contribution in [0, 0.1) is 0 Å². The maximum Gasteiger partial charge on any atom is 0.264 e. The first-order chi connectivity index (χ1) is 13.2. The minimum absolute atomic E-state index is 0.0584. The van der Waals surface area contributed by atoms with Gasteiger partial charge in [0.15, 0.2) is 0 Å². The number of nitrogens with zero attached hydrogens (tertiary/aromatic N) is 1. The number of nitrogens with one attached hydrogen (secondary N) is 1. The molecule has 1 N–H and O–H groups in total. The number of anilines is 2. The predicted octanol–water partition coefficient (Wildman–Crippen LogP) is 3.17. The second-order valence-electron chi connectivity index (χ2n) is 5.67. The third-order valence-electron chi connectivity index (χ3n) is 3.50. The second-order valence-corrected chi connectivity index (χ2v) is 7.95. The summed E-state index contributed by atoms with van der Waals surface area (Å²) in [4.78, 5) is 22.6. The first-order valence-corrected chi connectivity index (χ1v) is 9.98. The Kier molecular flexibility index (Phi) is 7.19. The zero-order valence-corrected chi connectivity index (χ0v) is 16.7. The van der Waals surface area contributed by atoms with E-state index in [4.69, 9.17) is 16.3 Å². The molecule has 148 valence electrons. The van der Waals surface area contributed by atoms with Gasteiger partial charge in [0.05, 0.1) is 10.6 Å². The predicted molar refractivity (Wildman–Crippen MR) is 108 cm³/mol. The first-order valence-electron chi connectivity index (χ1n) is 8.16. The Bertz CT molecular complexity index is 974. The van der Waals surface area contributed by atoms with Crippen molar-refractivity contribution in [2.45, 2.75) is 11.8 Å². The number of ether oxygens (including phenoxy) is 1. The molecule has 7 nitrogen and oxygen atoms in total. The van der Waals surface area contributed by atoms with Crippen molar-refractivity contribution in [2.24, 2.45) is 0 Å². The van der Waals surface area contributed by atoms with Crippen molar-refractivity contribution in [1.82, 2.24) is 0 Å². The molecule has 0 unspecified atom stereocenters. The van der Waals surface area contributed by atoms with Crippen molar-refractivity contribution < 1.29 is 22.7 Å². The summed E-state index contributed by atoms with van der Waals surface area (Å²) < 4.78 is 32.5. The summed E-state index contributed by atoms with van der Waals surface area (Å²) in [5.41, 5.74) is 0.674. The van der Waals surface area contributed by atoms with Gasteiger partial charge in [0, 0.05) is 18.7 Å². The highest BCUT2D eigenvalue weighted by Gasteiger charge is 2.27. The molecule has 0 saturated heterocycles. The number of carbonyl (C=O) groups is 2. The van der Waals surface area contributed by atoms with Gasteiger partial charge >= 0.3 is 0 Å². The van der Waals surface area contributed by atoms with Crippen molar-refractivity contribution in [2.75, 3.05) is 22.8 Å². The fourth-order valence-electron chi connectivity index (χ4n) is 2.35. The van der Waals surface area contributed by atoms with Gasteiger partial charge in [-0.3, -0.25) is 13.9 Å². The smallest absolute Gasteiger partial charge is 0.264 e. The number of benzene rings is 2. The normalized spacial score (nSPS) is 10.8. The number of sulfonamides is 1. The maximum absolute atomic E-state index is 13.1. The summed E-state index contributed by atoms with van der Waals surface area (Å²) in [6, 6.07) is 11.9. The fourth-order valence-corrected chi connectivity index (χ4v) is 3.96. The van der Waals surface area contributed by atoms with Gasteiger partial charge < -0.3 is 10.1 Å². The molecule has 0 aliphatic carbocycles. The van der Waals surface area contributed by atoms with E-state index < -0.39 is 21.8 Å². The molecule has 0 atom stereocenters. The van der Waals surface area contributed by atoms with Crippen LogP contribution >= 0.6 is 11.6 Å². The van der Waals surface area contributed by atoms with Gasteiger partial charge in [0.2, 0.25) is 11.1 Å². The molecule has 2 aromatic rings. The van der Waals surface area contributed by atoms with Crippen LogP contribution in [-0.2, 0) is 19.6 Å². The van der Waals surface area contributed by atoms with Gasteiger partial charge in [-0.05, 0) is 48.0 Å². The average Bonchev–Trinajstić information content (AvgIpc) is 2.64. The van der Waals surface area contributed by atoms with Crippen LogP contribution in [0.5, 0.6) is 5.75 Å². The lowest BCUT2D eigenvalue weighted by atomic mass is 10.3. The lowest BCUT2D eigenvalue weighted by Gasteiger charge is -2.23. The summed E-state index contributed by atoms with van der Waals surface area (Å²) >= 11 is 5.48. The van der Waals surface area contributed by atoms with E-state index in [1.165, 1.54) is 43.3 Å². The van der Waals surface area contributed by atoms with Crippen LogP contribution in [-0.4, -0.2) is 32.7 Å². The molecule has 0 aliphatic rings. The monoisotopic (exact) mass is 422 g/mol. The largest absolute Gasteiger partial charge is 0.489 e. The van der Waals surface area contributed by atoms with E-state index in [9.17, 15) is 18.0 Å². The molecule has 1 amide bonds. The van der Waals surface area contributed by atoms with E-state index in [0.717, 1.165) is 4.31 Å². The van der Waals surface area contributed by atoms with Crippen LogP contribution in [0.3, 0.4) is 0 Å². The Morgan fingerprint density at radius 3 is 2.46 bits per heavy atom. The molecule has 0 saturated carbocycles. The lowest BCUT2D eigenvalue weighted by molar-refractivity contribution is -0.114. The molecule has 0 bridgehead atoms. The first kappa shape index (κ1) is 21.5. The summed E-state index contributed by atoms with van der Waals surface area (Å²) in [7, 11) is -4.09. The van der Waals surface area contributed by atoms with Gasteiger partial charge in [-0.1, -0.05) is 18.7 Å². The zero-order valence-electron chi connectivity index (χ0n) is 15.1. The summed E-state index contributed by atoms with van der Waals surface area (Å²) in [5.74, 6) is 0.141. The van der Waals surface area contributed by atoms with Crippen LogP contribution < -0.4 is 14.4 Å². The van der Waals surface area contributed by atoms with Crippen molar-refractivity contribution in [3.63, 3.8) is 0 Å². The van der Waals surface area contributed by atoms with Crippen LogP contribution in [0.2, 0.25) is 0 Å². The Hall–Kier alpha value is -2.84. The second kappa shape index (κ2) is 9.38. The highest BCUT2D eigenvalue weighted by atomic mass is 35.5. The van der Waals surface area contributed by atoms with Crippen molar-refractivity contribution in [1.29, 1.82) is 0 Å². The van der Waals surface area contributed by atoms with E-state index in [1.807, 2.05) is 0 Å². The van der Waals surface area contributed by atoms with Gasteiger partial charge in [0.25, 0.3) is 10.0 Å². The Labute approximate surface area is 168 Å². The molecule has 9 heteroatoms. The molecule has 0 aliphatic heterocycles. The summed E-state index contributed by atoms with van der Waals surface area (Å²) in [6.07, 6.45) is 1.56. The molecule has 0 radical (unpaired) electrons. The Balaban J connectivity index is 2.42. The number of hydrogen-bond donors (Lipinski definition) is 1. The molecular formula is C19H19ClN2O5S.